The highest BCUT2D eigenvalue weighted by molar-refractivity contribution is 5.42. The normalized spacial score (nSPS) is 9.62. The molecule has 0 fully saturated rings. The maximum atomic E-state index is 9.69. The molecule has 13 heavy (non-hydrogen) atoms. The van der Waals surface area contributed by atoms with Gasteiger partial charge in [-0.2, -0.15) is 5.26 Å². The topological polar surface area (TPSA) is 56.9 Å². The zero-order chi connectivity index (χ0) is 9.84. The van der Waals surface area contributed by atoms with Gasteiger partial charge >= 0.3 is 0 Å². The van der Waals surface area contributed by atoms with Gasteiger partial charge in [0.05, 0.1) is 18.2 Å². The molecule has 0 saturated heterocycles. The van der Waals surface area contributed by atoms with E-state index >= 15 is 0 Å². The van der Waals surface area contributed by atoms with Gasteiger partial charge < -0.3 is 5.11 Å². The molecule has 3 heteroatoms. The van der Waals surface area contributed by atoms with Gasteiger partial charge in [0.1, 0.15) is 5.75 Å². The molecule has 0 unspecified atom stereocenters. The fourth-order valence-electron chi connectivity index (χ4n) is 1.24. The monoisotopic (exact) mass is 176 g/mol. The zero-order valence-corrected chi connectivity index (χ0v) is 7.83. The lowest BCUT2D eigenvalue weighted by molar-refractivity contribution is 0.458. The maximum Gasteiger partial charge on any atom is 0.141 e. The van der Waals surface area contributed by atoms with Gasteiger partial charge in [0.2, 0.25) is 0 Å². The number of hydrogen-bond acceptors (Lipinski definition) is 3. The minimum atomic E-state index is 0.184. The number of nitriles is 1. The maximum absolute atomic E-state index is 9.69. The van der Waals surface area contributed by atoms with Crippen LogP contribution in [0.3, 0.4) is 0 Å². The predicted octanol–water partition coefficient (Wildman–Crippen LogP) is 1.72. The molecular formula is C10H12N2O. The molecular weight excluding hydrogens is 164 g/mol. The first kappa shape index (κ1) is 9.53. The van der Waals surface area contributed by atoms with Crippen molar-refractivity contribution in [3.63, 3.8) is 0 Å². The van der Waals surface area contributed by atoms with Crippen LogP contribution in [0.4, 0.5) is 0 Å². The van der Waals surface area contributed by atoms with Crippen LogP contribution in [0.15, 0.2) is 6.20 Å². The van der Waals surface area contributed by atoms with E-state index in [1.807, 2.05) is 19.9 Å². The van der Waals surface area contributed by atoms with Gasteiger partial charge in [-0.25, -0.2) is 0 Å². The Kier molecular flexibility index (Phi) is 2.86. The van der Waals surface area contributed by atoms with Crippen molar-refractivity contribution in [2.75, 3.05) is 0 Å². The van der Waals surface area contributed by atoms with Gasteiger partial charge in [-0.05, 0) is 18.9 Å². The van der Waals surface area contributed by atoms with Gasteiger partial charge in [0.15, 0.2) is 0 Å². The molecule has 0 aliphatic rings. The summed E-state index contributed by atoms with van der Waals surface area (Å²) in [6.07, 6.45) is 2.63. The Bertz CT molecular complexity index is 353. The molecule has 0 amide bonds. The van der Waals surface area contributed by atoms with Crippen molar-refractivity contribution in [2.24, 2.45) is 0 Å². The first-order chi connectivity index (χ1) is 6.20. The van der Waals surface area contributed by atoms with E-state index in [1.165, 1.54) is 0 Å². The number of pyridine rings is 1. The number of hydrogen-bond donors (Lipinski definition) is 1. The molecule has 1 N–H and O–H groups in total. The average Bonchev–Trinajstić information content (AvgIpc) is 2.12. The van der Waals surface area contributed by atoms with Crippen LogP contribution >= 0.6 is 0 Å². The highest BCUT2D eigenvalue weighted by atomic mass is 16.3. The smallest absolute Gasteiger partial charge is 0.141 e. The lowest BCUT2D eigenvalue weighted by Crippen LogP contribution is -1.96. The van der Waals surface area contributed by atoms with Crippen molar-refractivity contribution >= 4 is 0 Å². The minimum absolute atomic E-state index is 0.184. The lowest BCUT2D eigenvalue weighted by atomic mass is 10.1. The van der Waals surface area contributed by atoms with Crippen LogP contribution in [-0.2, 0) is 12.8 Å². The fraction of sp³-hybridized carbons (Fsp3) is 0.400. The molecule has 1 aromatic heterocycles. The van der Waals surface area contributed by atoms with Crippen molar-refractivity contribution in [1.82, 2.24) is 4.98 Å². The van der Waals surface area contributed by atoms with Crippen LogP contribution in [0.25, 0.3) is 0 Å². The van der Waals surface area contributed by atoms with E-state index in [-0.39, 0.29) is 12.2 Å². The second kappa shape index (κ2) is 3.90. The van der Waals surface area contributed by atoms with E-state index < -0.39 is 0 Å². The summed E-state index contributed by atoms with van der Waals surface area (Å²) in [5, 5.41) is 18.2. The van der Waals surface area contributed by atoms with Crippen LogP contribution in [0.1, 0.15) is 23.7 Å². The van der Waals surface area contributed by atoms with Gasteiger partial charge in [0.25, 0.3) is 0 Å². The summed E-state index contributed by atoms with van der Waals surface area (Å²) in [5.41, 5.74) is 2.24. The first-order valence-electron chi connectivity index (χ1n) is 4.24. The molecule has 0 atom stereocenters. The van der Waals surface area contributed by atoms with Gasteiger partial charge in [-0.3, -0.25) is 4.98 Å². The highest BCUT2D eigenvalue weighted by Gasteiger charge is 2.09. The van der Waals surface area contributed by atoms with Gasteiger partial charge in [-0.15, -0.1) is 0 Å². The predicted molar refractivity (Wildman–Crippen MR) is 49.3 cm³/mol. The second-order valence-electron chi connectivity index (χ2n) is 2.90. The zero-order valence-electron chi connectivity index (χ0n) is 7.83. The van der Waals surface area contributed by atoms with Crippen molar-refractivity contribution in [2.45, 2.75) is 26.7 Å². The molecule has 68 valence electrons. The minimum Gasteiger partial charge on any atom is -0.506 e. The summed E-state index contributed by atoms with van der Waals surface area (Å²) < 4.78 is 0. The number of rotatable bonds is 2. The largest absolute Gasteiger partial charge is 0.506 e. The molecule has 0 spiro atoms. The Hall–Kier alpha value is -1.56. The van der Waals surface area contributed by atoms with E-state index in [4.69, 9.17) is 5.26 Å². The Labute approximate surface area is 77.7 Å². The molecule has 3 nitrogen and oxygen atoms in total. The van der Waals surface area contributed by atoms with Crippen LogP contribution in [0.5, 0.6) is 5.75 Å². The molecule has 0 aliphatic heterocycles. The van der Waals surface area contributed by atoms with Crippen molar-refractivity contribution in [3.8, 4) is 11.8 Å². The van der Waals surface area contributed by atoms with Crippen LogP contribution in [0, 0.1) is 18.3 Å². The third-order valence-corrected chi connectivity index (χ3v) is 2.04. The van der Waals surface area contributed by atoms with Crippen molar-refractivity contribution in [3.05, 3.63) is 23.0 Å². The molecule has 1 rings (SSSR count). The third kappa shape index (κ3) is 1.78. The molecule has 0 radical (unpaired) electrons. The van der Waals surface area contributed by atoms with Gasteiger partial charge in [0, 0.05) is 11.8 Å². The molecule has 0 aromatic carbocycles. The first-order valence-corrected chi connectivity index (χ1v) is 4.24. The molecule has 0 aliphatic carbocycles. The number of nitrogens with zero attached hydrogens (tertiary/aromatic N) is 2. The molecule has 0 bridgehead atoms. The van der Waals surface area contributed by atoms with Crippen molar-refractivity contribution in [1.29, 1.82) is 5.26 Å². The Morgan fingerprint density at radius 1 is 1.62 bits per heavy atom. The Morgan fingerprint density at radius 2 is 2.31 bits per heavy atom. The quantitative estimate of drug-likeness (QED) is 0.746. The summed E-state index contributed by atoms with van der Waals surface area (Å²) >= 11 is 0. The Balaban J connectivity index is 3.23. The Morgan fingerprint density at radius 3 is 2.85 bits per heavy atom. The summed E-state index contributed by atoms with van der Waals surface area (Å²) in [5.74, 6) is 0.184. The van der Waals surface area contributed by atoms with E-state index in [9.17, 15) is 5.11 Å². The standard InChI is InChI=1S/C10H12N2O/c1-3-9-10(13)8(4-5-11)7(2)6-12-9/h6,13H,3-4H2,1-2H3. The summed E-state index contributed by atoms with van der Waals surface area (Å²) in [7, 11) is 0. The summed E-state index contributed by atoms with van der Waals surface area (Å²) in [4.78, 5) is 4.08. The summed E-state index contributed by atoms with van der Waals surface area (Å²) in [6.45, 7) is 3.77. The number of aryl methyl sites for hydroxylation is 2. The van der Waals surface area contributed by atoms with E-state index in [0.29, 0.717) is 17.7 Å². The van der Waals surface area contributed by atoms with Crippen LogP contribution in [-0.4, -0.2) is 10.1 Å². The average molecular weight is 176 g/mol. The number of aromatic nitrogens is 1. The molecule has 1 aromatic rings. The SMILES string of the molecule is CCc1ncc(C)c(CC#N)c1O. The van der Waals surface area contributed by atoms with E-state index in [2.05, 4.69) is 4.98 Å². The van der Waals surface area contributed by atoms with Crippen LogP contribution in [0.2, 0.25) is 0 Å². The number of aromatic hydroxyl groups is 1. The van der Waals surface area contributed by atoms with E-state index in [1.54, 1.807) is 6.20 Å². The highest BCUT2D eigenvalue weighted by Crippen LogP contribution is 2.24. The summed E-state index contributed by atoms with van der Waals surface area (Å²) in [6, 6.07) is 2.03. The third-order valence-electron chi connectivity index (χ3n) is 2.04. The lowest BCUT2D eigenvalue weighted by Gasteiger charge is -2.07. The van der Waals surface area contributed by atoms with E-state index in [0.717, 1.165) is 5.56 Å². The molecule has 1 heterocycles. The van der Waals surface area contributed by atoms with Crippen molar-refractivity contribution < 1.29 is 5.11 Å². The van der Waals surface area contributed by atoms with Gasteiger partial charge in [-0.1, -0.05) is 6.92 Å². The second-order valence-corrected chi connectivity index (χ2v) is 2.90. The van der Waals surface area contributed by atoms with Crippen LogP contribution < -0.4 is 0 Å². The molecule has 0 saturated carbocycles. The fourth-order valence-corrected chi connectivity index (χ4v) is 1.24.